The summed E-state index contributed by atoms with van der Waals surface area (Å²) in [7, 11) is 0. The highest BCUT2D eigenvalue weighted by Crippen LogP contribution is 2.16. The van der Waals surface area contributed by atoms with E-state index in [1.54, 1.807) is 0 Å². The third-order valence-corrected chi connectivity index (χ3v) is 12.4. The molecule has 0 saturated carbocycles. The van der Waals surface area contributed by atoms with Crippen molar-refractivity contribution < 1.29 is 28.6 Å². The van der Waals surface area contributed by atoms with E-state index in [0.29, 0.717) is 19.3 Å². The minimum atomic E-state index is -0.794. The molecule has 0 rings (SSSR count). The van der Waals surface area contributed by atoms with Crippen molar-refractivity contribution in [3.63, 3.8) is 0 Å². The van der Waals surface area contributed by atoms with E-state index in [-0.39, 0.29) is 31.1 Å². The summed E-state index contributed by atoms with van der Waals surface area (Å²) in [5.41, 5.74) is 0. The number of ether oxygens (including phenoxy) is 3. The Labute approximate surface area is 421 Å². The number of carbonyl (C=O) groups excluding carboxylic acids is 3. The van der Waals surface area contributed by atoms with Gasteiger partial charge >= 0.3 is 17.9 Å². The predicted octanol–water partition coefficient (Wildman–Crippen LogP) is 19.4. The summed E-state index contributed by atoms with van der Waals surface area (Å²) in [6, 6.07) is 0. The van der Waals surface area contributed by atoms with Crippen LogP contribution < -0.4 is 0 Å². The molecular formula is C62H108O6. The normalized spacial score (nSPS) is 12.6. The molecule has 0 aliphatic carbocycles. The first-order valence-corrected chi connectivity index (χ1v) is 28.9. The highest BCUT2D eigenvalue weighted by atomic mass is 16.6. The molecule has 0 spiro atoms. The zero-order valence-electron chi connectivity index (χ0n) is 44.9. The average Bonchev–Trinajstić information content (AvgIpc) is 3.34. The molecule has 0 heterocycles. The molecule has 0 N–H and O–H groups in total. The second kappa shape index (κ2) is 56.4. The maximum atomic E-state index is 12.9. The summed E-state index contributed by atoms with van der Waals surface area (Å²) in [6.45, 7) is 6.49. The number of esters is 3. The monoisotopic (exact) mass is 949 g/mol. The second-order valence-electron chi connectivity index (χ2n) is 19.2. The fraction of sp³-hybridized carbons (Fsp3) is 0.758. The first-order valence-electron chi connectivity index (χ1n) is 28.9. The smallest absolute Gasteiger partial charge is 0.306 e. The summed E-state index contributed by atoms with van der Waals surface area (Å²) >= 11 is 0. The molecule has 0 aromatic heterocycles. The van der Waals surface area contributed by atoms with E-state index in [0.717, 1.165) is 96.3 Å². The minimum absolute atomic E-state index is 0.0908. The fourth-order valence-electron chi connectivity index (χ4n) is 8.11. The molecule has 0 aliphatic rings. The number of rotatable bonds is 52. The lowest BCUT2D eigenvalue weighted by molar-refractivity contribution is -0.167. The maximum absolute atomic E-state index is 12.9. The summed E-state index contributed by atoms with van der Waals surface area (Å²) in [6.07, 6.45) is 71.8. The predicted molar refractivity (Wildman–Crippen MR) is 293 cm³/mol. The van der Waals surface area contributed by atoms with Crippen LogP contribution >= 0.6 is 0 Å². The van der Waals surface area contributed by atoms with Gasteiger partial charge in [-0.15, -0.1) is 0 Å². The molecule has 0 radical (unpaired) electrons. The minimum Gasteiger partial charge on any atom is -0.462 e. The van der Waals surface area contributed by atoms with Crippen molar-refractivity contribution in [2.24, 2.45) is 0 Å². The van der Waals surface area contributed by atoms with Crippen molar-refractivity contribution in [3.8, 4) is 0 Å². The van der Waals surface area contributed by atoms with Crippen molar-refractivity contribution in [2.75, 3.05) is 13.2 Å². The van der Waals surface area contributed by atoms with Gasteiger partial charge in [0.1, 0.15) is 13.2 Å². The molecule has 0 aliphatic heterocycles. The Kier molecular flexibility index (Phi) is 53.8. The van der Waals surface area contributed by atoms with Gasteiger partial charge in [-0.2, -0.15) is 0 Å². The van der Waals surface area contributed by atoms with E-state index in [2.05, 4.69) is 93.7 Å². The average molecular weight is 950 g/mol. The van der Waals surface area contributed by atoms with Crippen LogP contribution in [0.3, 0.4) is 0 Å². The summed E-state index contributed by atoms with van der Waals surface area (Å²) in [5, 5.41) is 0. The van der Waals surface area contributed by atoms with Gasteiger partial charge in [-0.05, 0) is 89.9 Å². The second-order valence-corrected chi connectivity index (χ2v) is 19.2. The van der Waals surface area contributed by atoms with E-state index >= 15 is 0 Å². The quantitative estimate of drug-likeness (QED) is 0.0262. The van der Waals surface area contributed by atoms with Crippen molar-refractivity contribution in [1.29, 1.82) is 0 Å². The lowest BCUT2D eigenvalue weighted by Gasteiger charge is -2.18. The molecule has 0 aromatic carbocycles. The number of hydrogen-bond donors (Lipinski definition) is 0. The standard InChI is InChI=1S/C62H108O6/c1-4-7-10-13-16-19-22-25-28-30-32-34-37-40-43-46-49-52-55-61(64)67-58-59(57-66-60(63)54-51-48-45-42-39-36-33-27-24-21-18-15-12-9-6-3)68-62(65)56-53-50-47-44-41-38-35-31-29-26-23-20-17-14-11-8-5-2/h9,12,18-19,21-22,27-28,30,33,39,42,59H,4-8,10-11,13-17,20,23-26,29,31-32,34-38,40-41,43-58H2,1-3H3/b12-9-,21-18-,22-19-,30-28-,33-27-,42-39-. The van der Waals surface area contributed by atoms with Crippen molar-refractivity contribution >= 4 is 17.9 Å². The largest absolute Gasteiger partial charge is 0.462 e. The fourth-order valence-corrected chi connectivity index (χ4v) is 8.11. The van der Waals surface area contributed by atoms with Crippen LogP contribution in [0.4, 0.5) is 0 Å². The Morgan fingerprint density at radius 1 is 0.309 bits per heavy atom. The Morgan fingerprint density at radius 3 is 0.941 bits per heavy atom. The Bertz CT molecular complexity index is 1270. The molecule has 392 valence electrons. The zero-order valence-corrected chi connectivity index (χ0v) is 44.9. The number of hydrogen-bond acceptors (Lipinski definition) is 6. The van der Waals surface area contributed by atoms with Crippen molar-refractivity contribution in [2.45, 2.75) is 290 Å². The molecule has 0 fully saturated rings. The van der Waals surface area contributed by atoms with Crippen LogP contribution in [-0.4, -0.2) is 37.2 Å². The number of unbranched alkanes of at least 4 members (excludes halogenated alkanes) is 29. The van der Waals surface area contributed by atoms with Crippen molar-refractivity contribution in [1.82, 2.24) is 0 Å². The van der Waals surface area contributed by atoms with E-state index in [4.69, 9.17) is 14.2 Å². The molecule has 0 amide bonds. The third-order valence-electron chi connectivity index (χ3n) is 12.4. The zero-order chi connectivity index (χ0) is 49.3. The molecule has 0 saturated heterocycles. The SMILES string of the molecule is CC/C=C\C/C=C\C/C=C\C/C=C\CCCCC(=O)OCC(COC(=O)CCCCCCCCC/C=C\C/C=C\CCCCCC)OC(=O)CCCCCCCCCCCCCCCCCCC. The molecule has 68 heavy (non-hydrogen) atoms. The van der Waals surface area contributed by atoms with Crippen LogP contribution in [0.15, 0.2) is 72.9 Å². The van der Waals surface area contributed by atoms with Gasteiger partial charge in [0.25, 0.3) is 0 Å². The topological polar surface area (TPSA) is 78.9 Å². The van der Waals surface area contributed by atoms with Crippen LogP contribution in [0.25, 0.3) is 0 Å². The Hall–Kier alpha value is -3.15. The summed E-state index contributed by atoms with van der Waals surface area (Å²) < 4.78 is 16.8. The van der Waals surface area contributed by atoms with E-state index in [1.165, 1.54) is 148 Å². The molecule has 0 bridgehead atoms. The molecule has 1 atom stereocenters. The van der Waals surface area contributed by atoms with E-state index in [1.807, 2.05) is 0 Å². The summed E-state index contributed by atoms with van der Waals surface area (Å²) in [4.78, 5) is 38.2. The van der Waals surface area contributed by atoms with Crippen LogP contribution in [0.1, 0.15) is 284 Å². The van der Waals surface area contributed by atoms with Crippen LogP contribution in [0, 0.1) is 0 Å². The van der Waals surface area contributed by atoms with E-state index in [9.17, 15) is 14.4 Å². The van der Waals surface area contributed by atoms with E-state index < -0.39 is 6.10 Å². The molecule has 0 aromatic rings. The van der Waals surface area contributed by atoms with Gasteiger partial charge in [0, 0.05) is 19.3 Å². The first kappa shape index (κ1) is 64.8. The van der Waals surface area contributed by atoms with Gasteiger partial charge < -0.3 is 14.2 Å². The van der Waals surface area contributed by atoms with Gasteiger partial charge in [-0.25, -0.2) is 0 Å². The highest BCUT2D eigenvalue weighted by molar-refractivity contribution is 5.71. The molecule has 6 nitrogen and oxygen atoms in total. The molecule has 1 unspecified atom stereocenters. The highest BCUT2D eigenvalue weighted by Gasteiger charge is 2.19. The van der Waals surface area contributed by atoms with Gasteiger partial charge in [0.2, 0.25) is 0 Å². The maximum Gasteiger partial charge on any atom is 0.306 e. The van der Waals surface area contributed by atoms with Gasteiger partial charge in [-0.3, -0.25) is 14.4 Å². The van der Waals surface area contributed by atoms with Crippen molar-refractivity contribution in [3.05, 3.63) is 72.9 Å². The third kappa shape index (κ3) is 53.8. The van der Waals surface area contributed by atoms with Crippen LogP contribution in [0.5, 0.6) is 0 Å². The first-order chi connectivity index (χ1) is 33.5. The lowest BCUT2D eigenvalue weighted by atomic mass is 10.0. The van der Waals surface area contributed by atoms with Crippen LogP contribution in [-0.2, 0) is 28.6 Å². The van der Waals surface area contributed by atoms with Gasteiger partial charge in [0.15, 0.2) is 6.10 Å². The molecular weight excluding hydrogens is 841 g/mol. The van der Waals surface area contributed by atoms with Gasteiger partial charge in [0.05, 0.1) is 0 Å². The number of allylic oxidation sites excluding steroid dienone is 12. The Balaban J connectivity index is 4.42. The van der Waals surface area contributed by atoms with Crippen LogP contribution in [0.2, 0.25) is 0 Å². The van der Waals surface area contributed by atoms with Gasteiger partial charge in [-0.1, -0.05) is 248 Å². The number of carbonyl (C=O) groups is 3. The Morgan fingerprint density at radius 2 is 0.574 bits per heavy atom. The summed E-state index contributed by atoms with van der Waals surface area (Å²) in [5.74, 6) is -0.930. The molecule has 6 heteroatoms. The lowest BCUT2D eigenvalue weighted by Crippen LogP contribution is -2.30.